The van der Waals surface area contributed by atoms with E-state index in [1.807, 2.05) is 42.3 Å². The van der Waals surface area contributed by atoms with Gasteiger partial charge < -0.3 is 14.7 Å². The molecule has 4 amide bonds. The maximum absolute atomic E-state index is 12.5. The highest BCUT2D eigenvalue weighted by Crippen LogP contribution is 2.14. The molecule has 0 atom stereocenters. The number of amides is 4. The zero-order valence-corrected chi connectivity index (χ0v) is 15.5. The van der Waals surface area contributed by atoms with Gasteiger partial charge in [-0.3, -0.25) is 24.1 Å². The number of para-hydroxylation sites is 1. The molecule has 1 aromatic rings. The van der Waals surface area contributed by atoms with Gasteiger partial charge in [0.1, 0.15) is 6.54 Å². The molecule has 8 nitrogen and oxygen atoms in total. The van der Waals surface area contributed by atoms with Crippen LogP contribution in [0.3, 0.4) is 0 Å². The highest BCUT2D eigenvalue weighted by atomic mass is 16.2. The Morgan fingerprint density at radius 1 is 0.889 bits per heavy atom. The van der Waals surface area contributed by atoms with E-state index in [-0.39, 0.29) is 49.6 Å². The van der Waals surface area contributed by atoms with Crippen LogP contribution in [0.2, 0.25) is 0 Å². The van der Waals surface area contributed by atoms with Gasteiger partial charge in [0.05, 0.1) is 6.54 Å². The molecule has 2 aliphatic rings. The standard InChI is InChI=1S/C19H24N4O4/c1-20(15-5-3-2-4-6-15)13-18(26)21-9-11-22(12-10-21)19(27)14-23-16(24)7-8-17(23)25/h2-6H,7-14H2,1H3. The molecule has 2 fully saturated rings. The lowest BCUT2D eigenvalue weighted by molar-refractivity contribution is -0.146. The van der Waals surface area contributed by atoms with Crippen molar-refractivity contribution in [1.82, 2.24) is 14.7 Å². The molecule has 0 N–H and O–H groups in total. The quantitative estimate of drug-likeness (QED) is 0.677. The number of anilines is 1. The van der Waals surface area contributed by atoms with E-state index in [4.69, 9.17) is 0 Å². The van der Waals surface area contributed by atoms with Crippen molar-refractivity contribution >= 4 is 29.3 Å². The number of likely N-dealkylation sites (N-methyl/N-ethyl adjacent to an activating group) is 1. The van der Waals surface area contributed by atoms with Gasteiger partial charge in [-0.15, -0.1) is 0 Å². The van der Waals surface area contributed by atoms with E-state index in [1.165, 1.54) is 0 Å². The van der Waals surface area contributed by atoms with Crippen molar-refractivity contribution in [3.63, 3.8) is 0 Å². The third-order valence-corrected chi connectivity index (χ3v) is 5.00. The van der Waals surface area contributed by atoms with Crippen LogP contribution in [0.15, 0.2) is 30.3 Å². The van der Waals surface area contributed by atoms with Crippen molar-refractivity contribution in [2.75, 3.05) is 51.2 Å². The van der Waals surface area contributed by atoms with Crippen LogP contribution >= 0.6 is 0 Å². The Labute approximate surface area is 158 Å². The molecule has 0 aromatic heterocycles. The Balaban J connectivity index is 1.46. The Bertz CT molecular complexity index is 712. The number of carbonyl (C=O) groups excluding carboxylic acids is 4. The SMILES string of the molecule is CN(CC(=O)N1CCN(C(=O)CN2C(=O)CCC2=O)CC1)c1ccccc1. The number of hydrogen-bond donors (Lipinski definition) is 0. The minimum atomic E-state index is -0.286. The molecule has 0 spiro atoms. The van der Waals surface area contributed by atoms with Crippen molar-refractivity contribution in [3.8, 4) is 0 Å². The van der Waals surface area contributed by atoms with Crippen LogP contribution in [0, 0.1) is 0 Å². The van der Waals surface area contributed by atoms with Gasteiger partial charge in [-0.25, -0.2) is 0 Å². The van der Waals surface area contributed by atoms with E-state index in [1.54, 1.807) is 9.80 Å². The maximum atomic E-state index is 12.5. The number of imide groups is 1. The molecular formula is C19H24N4O4. The van der Waals surface area contributed by atoms with Crippen LogP contribution < -0.4 is 4.90 Å². The maximum Gasteiger partial charge on any atom is 0.242 e. The van der Waals surface area contributed by atoms with Crippen LogP contribution in [-0.2, 0) is 19.2 Å². The first kappa shape index (κ1) is 18.9. The predicted octanol–water partition coefficient (Wildman–Crippen LogP) is -0.0574. The van der Waals surface area contributed by atoms with Crippen molar-refractivity contribution in [3.05, 3.63) is 30.3 Å². The number of benzene rings is 1. The highest BCUT2D eigenvalue weighted by molar-refractivity contribution is 6.04. The molecule has 0 saturated carbocycles. The molecule has 8 heteroatoms. The Kier molecular flexibility index (Phi) is 5.73. The van der Waals surface area contributed by atoms with E-state index in [2.05, 4.69) is 0 Å². The van der Waals surface area contributed by atoms with Crippen molar-refractivity contribution in [2.24, 2.45) is 0 Å². The topological polar surface area (TPSA) is 81.2 Å². The number of likely N-dealkylation sites (tertiary alicyclic amines) is 1. The number of piperazine rings is 1. The van der Waals surface area contributed by atoms with Gasteiger partial charge in [0, 0.05) is 51.8 Å². The predicted molar refractivity (Wildman–Crippen MR) is 98.8 cm³/mol. The lowest BCUT2D eigenvalue weighted by Crippen LogP contribution is -2.54. The second-order valence-corrected chi connectivity index (χ2v) is 6.83. The van der Waals surface area contributed by atoms with Gasteiger partial charge in [0.25, 0.3) is 0 Å². The van der Waals surface area contributed by atoms with Crippen molar-refractivity contribution in [2.45, 2.75) is 12.8 Å². The van der Waals surface area contributed by atoms with E-state index >= 15 is 0 Å². The smallest absolute Gasteiger partial charge is 0.242 e. The average molecular weight is 372 g/mol. The first-order valence-corrected chi connectivity index (χ1v) is 9.10. The molecule has 27 heavy (non-hydrogen) atoms. The third kappa shape index (κ3) is 4.45. The molecule has 0 aliphatic carbocycles. The minimum absolute atomic E-state index is 0.0124. The summed E-state index contributed by atoms with van der Waals surface area (Å²) in [5, 5.41) is 0. The monoisotopic (exact) mass is 372 g/mol. The summed E-state index contributed by atoms with van der Waals surface area (Å²) in [6.07, 6.45) is 0.368. The Hall–Kier alpha value is -2.90. The molecule has 2 aliphatic heterocycles. The number of nitrogens with zero attached hydrogens (tertiary/aromatic N) is 4. The lowest BCUT2D eigenvalue weighted by Gasteiger charge is -2.36. The fourth-order valence-electron chi connectivity index (χ4n) is 3.32. The summed E-state index contributed by atoms with van der Waals surface area (Å²) >= 11 is 0. The highest BCUT2D eigenvalue weighted by Gasteiger charge is 2.33. The number of carbonyl (C=O) groups is 4. The second kappa shape index (κ2) is 8.20. The third-order valence-electron chi connectivity index (χ3n) is 5.00. The molecule has 0 bridgehead atoms. The first-order chi connectivity index (χ1) is 13.0. The van der Waals surface area contributed by atoms with Gasteiger partial charge in [0.15, 0.2) is 0 Å². The summed E-state index contributed by atoms with van der Waals surface area (Å²) in [7, 11) is 1.87. The van der Waals surface area contributed by atoms with Gasteiger partial charge in [-0.05, 0) is 12.1 Å². The summed E-state index contributed by atoms with van der Waals surface area (Å²) in [5.74, 6) is -0.803. The Morgan fingerprint density at radius 3 is 1.96 bits per heavy atom. The normalized spacial score (nSPS) is 17.4. The molecule has 3 rings (SSSR count). The summed E-state index contributed by atoms with van der Waals surface area (Å²) in [6, 6.07) is 9.68. The number of hydrogen-bond acceptors (Lipinski definition) is 5. The number of rotatable bonds is 5. The fraction of sp³-hybridized carbons (Fsp3) is 0.474. The molecule has 144 valence electrons. The van der Waals surface area contributed by atoms with Crippen LogP contribution in [0.4, 0.5) is 5.69 Å². The molecular weight excluding hydrogens is 348 g/mol. The second-order valence-electron chi connectivity index (χ2n) is 6.83. The first-order valence-electron chi connectivity index (χ1n) is 9.10. The Morgan fingerprint density at radius 2 is 1.41 bits per heavy atom. The van der Waals surface area contributed by atoms with E-state index in [0.29, 0.717) is 26.2 Å². The zero-order valence-electron chi connectivity index (χ0n) is 15.5. The summed E-state index contributed by atoms with van der Waals surface area (Å²) < 4.78 is 0. The molecule has 2 saturated heterocycles. The van der Waals surface area contributed by atoms with E-state index in [9.17, 15) is 19.2 Å². The zero-order chi connectivity index (χ0) is 19.4. The molecule has 1 aromatic carbocycles. The van der Waals surface area contributed by atoms with Crippen molar-refractivity contribution in [1.29, 1.82) is 0 Å². The van der Waals surface area contributed by atoms with E-state index in [0.717, 1.165) is 10.6 Å². The van der Waals surface area contributed by atoms with Crippen molar-refractivity contribution < 1.29 is 19.2 Å². The lowest BCUT2D eigenvalue weighted by atomic mass is 10.2. The largest absolute Gasteiger partial charge is 0.365 e. The van der Waals surface area contributed by atoms with Crippen LogP contribution in [-0.4, -0.2) is 84.6 Å². The van der Waals surface area contributed by atoms with E-state index < -0.39 is 0 Å². The van der Waals surface area contributed by atoms with Crippen LogP contribution in [0.5, 0.6) is 0 Å². The van der Waals surface area contributed by atoms with Crippen LogP contribution in [0.25, 0.3) is 0 Å². The fourth-order valence-corrected chi connectivity index (χ4v) is 3.32. The average Bonchev–Trinajstić information content (AvgIpc) is 3.00. The van der Waals surface area contributed by atoms with Gasteiger partial charge in [-0.2, -0.15) is 0 Å². The van der Waals surface area contributed by atoms with Gasteiger partial charge >= 0.3 is 0 Å². The molecule has 0 radical (unpaired) electrons. The minimum Gasteiger partial charge on any atom is -0.365 e. The van der Waals surface area contributed by atoms with Gasteiger partial charge in [0.2, 0.25) is 23.6 Å². The summed E-state index contributed by atoms with van der Waals surface area (Å²) in [4.78, 5) is 54.4. The molecule has 2 heterocycles. The molecule has 0 unspecified atom stereocenters. The van der Waals surface area contributed by atoms with Gasteiger partial charge in [-0.1, -0.05) is 18.2 Å². The summed E-state index contributed by atoms with van der Waals surface area (Å²) in [6.45, 7) is 1.81. The van der Waals surface area contributed by atoms with Crippen LogP contribution in [0.1, 0.15) is 12.8 Å². The summed E-state index contributed by atoms with van der Waals surface area (Å²) in [5.41, 5.74) is 0.972.